The van der Waals surface area contributed by atoms with Gasteiger partial charge in [-0.15, -0.1) is 0 Å². The van der Waals surface area contributed by atoms with Crippen LogP contribution in [0.1, 0.15) is 0 Å². The molecule has 1 unspecified atom stereocenters. The Hall–Kier alpha value is -2.41. The lowest BCUT2D eigenvalue weighted by Crippen LogP contribution is -2.18. The summed E-state index contributed by atoms with van der Waals surface area (Å²) < 4.78 is 35.2. The van der Waals surface area contributed by atoms with E-state index in [-0.39, 0.29) is 4.90 Å². The topological polar surface area (TPSA) is 175 Å². The molecule has 0 aliphatic rings. The Morgan fingerprint density at radius 1 is 1.23 bits per heavy atom. The van der Waals surface area contributed by atoms with Gasteiger partial charge < -0.3 is 5.11 Å². The molecule has 1 aromatic rings. The van der Waals surface area contributed by atoms with E-state index in [4.69, 9.17) is 5.11 Å². The van der Waals surface area contributed by atoms with Crippen LogP contribution in [0.3, 0.4) is 0 Å². The van der Waals surface area contributed by atoms with Gasteiger partial charge >= 0.3 is 5.97 Å². The fraction of sp³-hybridized carbons (Fsp3) is 0.222. The molecule has 1 aromatic carbocycles. The molecule has 0 amide bonds. The van der Waals surface area contributed by atoms with Gasteiger partial charge in [0, 0.05) is 18.4 Å². The maximum Gasteiger partial charge on any atom is 0.319 e. The van der Waals surface area contributed by atoms with Gasteiger partial charge in [-0.1, -0.05) is 0 Å². The van der Waals surface area contributed by atoms with Crippen LogP contribution < -0.4 is 0 Å². The van der Waals surface area contributed by atoms with Gasteiger partial charge in [-0.2, -0.15) is 0 Å². The van der Waals surface area contributed by atoms with Gasteiger partial charge in [-0.05, 0) is 0 Å². The summed E-state index contributed by atoms with van der Waals surface area (Å²) in [6.07, 6.45) is 1.09. The van der Waals surface area contributed by atoms with Crippen molar-refractivity contribution in [2.24, 2.45) is 0 Å². The van der Waals surface area contributed by atoms with E-state index < -0.39 is 58.5 Å². The third kappa shape index (κ3) is 3.62. The number of benzene rings is 1. The Morgan fingerprint density at radius 3 is 1.91 bits per heavy atom. The van der Waals surface area contributed by atoms with Gasteiger partial charge in [0.2, 0.25) is 14.7 Å². The minimum Gasteiger partial charge on any atom is -0.480 e. The second-order valence-electron chi connectivity index (χ2n) is 3.91. The second-order valence-corrected chi connectivity index (χ2v) is 7.22. The predicted octanol–water partition coefficient (Wildman–Crippen LogP) is 0.0987. The first-order valence-corrected chi connectivity index (χ1v) is 8.43. The molecule has 0 radical (unpaired) electrons. The molecule has 0 saturated heterocycles. The highest BCUT2D eigenvalue weighted by Crippen LogP contribution is 2.36. The van der Waals surface area contributed by atoms with E-state index in [0.29, 0.717) is 12.1 Å². The largest absolute Gasteiger partial charge is 0.480 e. The summed E-state index contributed by atoms with van der Waals surface area (Å²) in [6.45, 7) is 0. The molecule has 22 heavy (non-hydrogen) atoms. The Balaban J connectivity index is 3.89. The average Bonchev–Trinajstić information content (AvgIpc) is 2.35. The highest BCUT2D eigenvalue weighted by Gasteiger charge is 2.38. The molecule has 120 valence electrons. The van der Waals surface area contributed by atoms with Crippen LogP contribution in [-0.2, 0) is 25.4 Å². The standard InChI is InChI=1S/C9H8N2O9S2/c1-21(18)5-2-6(10(14)15)9(7(3-5)11(16)17)22(19,20)4-8(12)13/h2-3H,4H2,1H3,(H,12,13). The highest BCUT2D eigenvalue weighted by molar-refractivity contribution is 7.92. The fourth-order valence-electron chi connectivity index (χ4n) is 1.56. The van der Waals surface area contributed by atoms with Crippen molar-refractivity contribution in [1.29, 1.82) is 0 Å². The van der Waals surface area contributed by atoms with Crippen molar-refractivity contribution < 1.29 is 32.4 Å². The zero-order chi connectivity index (χ0) is 17.2. The molecule has 1 N–H and O–H groups in total. The summed E-state index contributed by atoms with van der Waals surface area (Å²) in [6, 6.07) is 1.22. The summed E-state index contributed by atoms with van der Waals surface area (Å²) in [4.78, 5) is 28.4. The van der Waals surface area contributed by atoms with Crippen molar-refractivity contribution in [3.05, 3.63) is 32.4 Å². The quantitative estimate of drug-likeness (QED) is 0.549. The molecule has 1 atom stereocenters. The molecule has 0 heterocycles. The number of sulfone groups is 1. The fourth-order valence-corrected chi connectivity index (χ4v) is 3.49. The van der Waals surface area contributed by atoms with Gasteiger partial charge in [0.05, 0.1) is 25.5 Å². The molecule has 0 bridgehead atoms. The number of hydrogen-bond donors (Lipinski definition) is 1. The van der Waals surface area contributed by atoms with Gasteiger partial charge in [0.15, 0.2) is 5.75 Å². The molecule has 0 fully saturated rings. The number of carboxylic acid groups (broad SMARTS) is 1. The maximum atomic E-state index is 11.9. The second kappa shape index (κ2) is 6.15. The number of carbonyl (C=O) groups is 1. The van der Waals surface area contributed by atoms with Crippen LogP contribution in [0, 0.1) is 20.2 Å². The monoisotopic (exact) mass is 352 g/mol. The number of nitro groups is 2. The normalized spacial score (nSPS) is 12.6. The maximum absolute atomic E-state index is 11.9. The molecule has 0 aliphatic heterocycles. The van der Waals surface area contributed by atoms with Crippen LogP contribution in [0.2, 0.25) is 0 Å². The molecule has 0 spiro atoms. The Morgan fingerprint density at radius 2 is 1.64 bits per heavy atom. The first-order chi connectivity index (χ1) is 9.97. The summed E-state index contributed by atoms with van der Waals surface area (Å²) >= 11 is 0. The Labute approximate surface area is 125 Å². The minimum absolute atomic E-state index is 0.326. The van der Waals surface area contributed by atoms with Crippen LogP contribution in [0.25, 0.3) is 0 Å². The van der Waals surface area contributed by atoms with Crippen LogP contribution in [-0.4, -0.2) is 45.6 Å². The highest BCUT2D eigenvalue weighted by atomic mass is 32.2. The van der Waals surface area contributed by atoms with E-state index in [1.165, 1.54) is 0 Å². The van der Waals surface area contributed by atoms with Crippen LogP contribution >= 0.6 is 0 Å². The zero-order valence-corrected chi connectivity index (χ0v) is 12.4. The van der Waals surface area contributed by atoms with Crippen molar-refractivity contribution in [3.63, 3.8) is 0 Å². The Kier molecular flexibility index (Phi) is 4.93. The van der Waals surface area contributed by atoms with E-state index in [1.54, 1.807) is 0 Å². The number of nitro benzene ring substituents is 2. The van der Waals surface area contributed by atoms with Gasteiger partial charge in [0.25, 0.3) is 11.4 Å². The lowest BCUT2D eigenvalue weighted by atomic mass is 10.3. The summed E-state index contributed by atoms with van der Waals surface area (Å²) in [5, 5.41) is 30.5. The van der Waals surface area contributed by atoms with E-state index in [2.05, 4.69) is 0 Å². The van der Waals surface area contributed by atoms with Crippen LogP contribution in [0.5, 0.6) is 0 Å². The molecule has 0 saturated carbocycles. The average molecular weight is 352 g/mol. The molecule has 0 aliphatic carbocycles. The van der Waals surface area contributed by atoms with Crippen molar-refractivity contribution in [2.75, 3.05) is 12.0 Å². The summed E-state index contributed by atoms with van der Waals surface area (Å²) in [5.74, 6) is -3.38. The minimum atomic E-state index is -4.84. The number of aliphatic carboxylic acids is 1. The lowest BCUT2D eigenvalue weighted by molar-refractivity contribution is -0.400. The smallest absolute Gasteiger partial charge is 0.319 e. The van der Waals surface area contributed by atoms with Crippen molar-refractivity contribution >= 4 is 38.0 Å². The number of hydrogen-bond acceptors (Lipinski definition) is 8. The lowest BCUT2D eigenvalue weighted by Gasteiger charge is -2.06. The zero-order valence-electron chi connectivity index (χ0n) is 10.8. The van der Waals surface area contributed by atoms with Crippen molar-refractivity contribution in [3.8, 4) is 0 Å². The molecule has 0 aromatic heterocycles. The van der Waals surface area contributed by atoms with E-state index in [0.717, 1.165) is 6.26 Å². The number of carboxylic acids is 1. The van der Waals surface area contributed by atoms with E-state index >= 15 is 0 Å². The van der Waals surface area contributed by atoms with Gasteiger partial charge in [0.1, 0.15) is 0 Å². The number of rotatable bonds is 6. The molecule has 11 nitrogen and oxygen atoms in total. The van der Waals surface area contributed by atoms with Gasteiger partial charge in [-0.25, -0.2) is 8.42 Å². The summed E-state index contributed by atoms with van der Waals surface area (Å²) in [5.41, 5.74) is -2.39. The first kappa shape index (κ1) is 17.6. The molecular formula is C9H8N2O9S2. The number of nitrogens with zero attached hydrogens (tertiary/aromatic N) is 2. The van der Waals surface area contributed by atoms with Gasteiger partial charge in [-0.3, -0.25) is 29.2 Å². The SMILES string of the molecule is CS(=O)c1cc([N+](=O)[O-])c(S(=O)(=O)CC(=O)O)c([N+](=O)[O-])c1. The molecular weight excluding hydrogens is 344 g/mol. The van der Waals surface area contributed by atoms with Crippen LogP contribution in [0.15, 0.2) is 21.9 Å². The first-order valence-electron chi connectivity index (χ1n) is 5.22. The van der Waals surface area contributed by atoms with Crippen LogP contribution in [0.4, 0.5) is 11.4 Å². The third-order valence-corrected chi connectivity index (χ3v) is 4.94. The van der Waals surface area contributed by atoms with E-state index in [9.17, 15) is 37.6 Å². The Bertz CT molecular complexity index is 764. The predicted molar refractivity (Wildman–Crippen MR) is 71.8 cm³/mol. The molecule has 1 rings (SSSR count). The third-order valence-electron chi connectivity index (χ3n) is 2.37. The van der Waals surface area contributed by atoms with Crippen molar-refractivity contribution in [1.82, 2.24) is 0 Å². The van der Waals surface area contributed by atoms with Crippen molar-refractivity contribution in [2.45, 2.75) is 9.79 Å². The van der Waals surface area contributed by atoms with E-state index in [1.807, 2.05) is 0 Å². The molecule has 13 heteroatoms. The summed E-state index contributed by atoms with van der Waals surface area (Å²) in [7, 11) is -6.68.